The number of hydrogen-bond acceptors (Lipinski definition) is 6. The number of fused-ring (bicyclic) bond motifs is 1. The second kappa shape index (κ2) is 10.3. The second-order valence-electron chi connectivity index (χ2n) is 9.76. The molecule has 0 amide bonds. The summed E-state index contributed by atoms with van der Waals surface area (Å²) in [5.41, 5.74) is 2.76. The lowest BCUT2D eigenvalue weighted by molar-refractivity contribution is 0.0710. The Balaban J connectivity index is 1.44. The number of nitrogens with zero attached hydrogens (tertiary/aromatic N) is 4. The third kappa shape index (κ3) is 4.90. The predicted octanol–water partition coefficient (Wildman–Crippen LogP) is 5.39. The maximum Gasteiger partial charge on any atom is 0.224 e. The van der Waals surface area contributed by atoms with Gasteiger partial charge in [-0.2, -0.15) is 4.98 Å². The maximum atomic E-state index is 14.6. The zero-order chi connectivity index (χ0) is 23.5. The number of anilines is 3. The summed E-state index contributed by atoms with van der Waals surface area (Å²) in [6.45, 7) is 5.55. The third-order valence-corrected chi connectivity index (χ3v) is 7.32. The average molecular weight is 464 g/mol. The van der Waals surface area contributed by atoms with E-state index in [9.17, 15) is 4.39 Å². The number of halogens is 1. The van der Waals surface area contributed by atoms with E-state index in [4.69, 9.17) is 14.7 Å². The topological polar surface area (TPSA) is 76.9 Å². The first-order valence-electron chi connectivity index (χ1n) is 12.7. The molecule has 1 aliphatic carbocycles. The summed E-state index contributed by atoms with van der Waals surface area (Å²) in [4.78, 5) is 14.3. The van der Waals surface area contributed by atoms with Gasteiger partial charge in [0.2, 0.25) is 11.9 Å². The number of ether oxygens (including phenoxy) is 1. The maximum absolute atomic E-state index is 14.6. The Kier molecular flexibility index (Phi) is 6.99. The number of hydrogen-bond donors (Lipinski definition) is 2. The molecule has 2 aromatic heterocycles. The largest absolute Gasteiger partial charge is 0.381 e. The third-order valence-electron chi connectivity index (χ3n) is 7.32. The van der Waals surface area contributed by atoms with Crippen LogP contribution < -0.4 is 10.6 Å². The van der Waals surface area contributed by atoms with Gasteiger partial charge in [-0.15, -0.1) is 0 Å². The molecule has 34 heavy (non-hydrogen) atoms. The van der Waals surface area contributed by atoms with Gasteiger partial charge in [-0.1, -0.05) is 44.0 Å². The molecule has 0 atom stereocenters. The van der Waals surface area contributed by atoms with Crippen LogP contribution in [0.4, 0.5) is 22.0 Å². The molecule has 5 rings (SSSR count). The van der Waals surface area contributed by atoms with E-state index in [1.165, 1.54) is 32.5 Å². The van der Waals surface area contributed by atoms with Gasteiger partial charge in [0.1, 0.15) is 18.6 Å². The molecule has 2 fully saturated rings. The molecule has 7 nitrogen and oxygen atoms in total. The number of nitrogens with one attached hydrogen (secondary N) is 2. The van der Waals surface area contributed by atoms with Gasteiger partial charge in [-0.05, 0) is 44.2 Å². The van der Waals surface area contributed by atoms with Crippen LogP contribution >= 0.6 is 0 Å². The van der Waals surface area contributed by atoms with Crippen LogP contribution in [0, 0.1) is 12.7 Å². The van der Waals surface area contributed by atoms with Crippen molar-refractivity contribution >= 4 is 36.0 Å². The summed E-state index contributed by atoms with van der Waals surface area (Å²) >= 11 is 0. The Morgan fingerprint density at radius 1 is 1.12 bits per heavy atom. The molecule has 3 heterocycles. The summed E-state index contributed by atoms with van der Waals surface area (Å²) in [6.07, 6.45) is 9.63. The molecule has 0 unspecified atom stereocenters. The van der Waals surface area contributed by atoms with Gasteiger partial charge >= 0.3 is 0 Å². The van der Waals surface area contributed by atoms with Crippen molar-refractivity contribution in [3.63, 3.8) is 0 Å². The first kappa shape index (κ1) is 23.1. The smallest absolute Gasteiger partial charge is 0.224 e. The van der Waals surface area contributed by atoms with E-state index in [1.807, 2.05) is 13.0 Å². The van der Waals surface area contributed by atoms with Gasteiger partial charge in [-0.3, -0.25) is 4.57 Å². The molecule has 1 aromatic carbocycles. The fourth-order valence-corrected chi connectivity index (χ4v) is 5.43. The van der Waals surface area contributed by atoms with Gasteiger partial charge < -0.3 is 15.4 Å². The Morgan fingerprint density at radius 2 is 1.91 bits per heavy atom. The van der Waals surface area contributed by atoms with Crippen LogP contribution in [-0.2, 0) is 4.74 Å². The van der Waals surface area contributed by atoms with Crippen molar-refractivity contribution in [3.8, 4) is 0 Å². The number of imidazole rings is 1. The monoisotopic (exact) mass is 464 g/mol. The van der Waals surface area contributed by atoms with E-state index in [1.54, 1.807) is 12.3 Å². The van der Waals surface area contributed by atoms with E-state index >= 15 is 0 Å². The zero-order valence-electron chi connectivity index (χ0n) is 20.2. The SMILES string of the molecule is CCB[C@H]1CC[C@H](Nc2ncc3nc(Nc4c(C)cccc4F)n(C4CCOCC4)c3n2)CC1. The first-order chi connectivity index (χ1) is 16.6. The Bertz CT molecular complexity index is 1100. The van der Waals surface area contributed by atoms with E-state index < -0.39 is 0 Å². The molecule has 0 bridgehead atoms. The fourth-order valence-electron chi connectivity index (χ4n) is 5.43. The highest BCUT2D eigenvalue weighted by molar-refractivity contribution is 6.37. The summed E-state index contributed by atoms with van der Waals surface area (Å²) in [5.74, 6) is 1.81. The number of aryl methyl sites for hydroxylation is 1. The molecular formula is C25H34BFN6O. The van der Waals surface area contributed by atoms with Gasteiger partial charge in [0, 0.05) is 25.3 Å². The van der Waals surface area contributed by atoms with Crippen LogP contribution in [0.5, 0.6) is 0 Å². The number of rotatable bonds is 7. The summed E-state index contributed by atoms with van der Waals surface area (Å²) in [5, 5.41) is 6.84. The Labute approximate surface area is 201 Å². The van der Waals surface area contributed by atoms with E-state index in [0.717, 1.165) is 42.7 Å². The molecular weight excluding hydrogens is 430 g/mol. The first-order valence-corrected chi connectivity index (χ1v) is 12.7. The lowest BCUT2D eigenvalue weighted by Crippen LogP contribution is -2.27. The molecule has 3 aromatic rings. The van der Waals surface area contributed by atoms with Crippen molar-refractivity contribution in [2.24, 2.45) is 0 Å². The zero-order valence-corrected chi connectivity index (χ0v) is 20.2. The van der Waals surface area contributed by atoms with Crippen LogP contribution in [0.25, 0.3) is 11.2 Å². The van der Waals surface area contributed by atoms with Gasteiger partial charge in [0.05, 0.1) is 11.9 Å². The highest BCUT2D eigenvalue weighted by Gasteiger charge is 2.25. The minimum absolute atomic E-state index is 0.181. The molecule has 2 N–H and O–H groups in total. The van der Waals surface area contributed by atoms with Crippen LogP contribution in [-0.4, -0.2) is 46.1 Å². The van der Waals surface area contributed by atoms with Crippen LogP contribution in [0.2, 0.25) is 12.1 Å². The van der Waals surface area contributed by atoms with Crippen LogP contribution in [0.15, 0.2) is 24.4 Å². The van der Waals surface area contributed by atoms with Crippen molar-refractivity contribution < 1.29 is 9.13 Å². The van der Waals surface area contributed by atoms with Gasteiger partial charge in [0.25, 0.3) is 0 Å². The molecule has 1 saturated heterocycles. The number of benzene rings is 1. The number of aromatic nitrogens is 4. The molecule has 0 spiro atoms. The van der Waals surface area contributed by atoms with Crippen molar-refractivity contribution in [1.29, 1.82) is 0 Å². The van der Waals surface area contributed by atoms with Crippen LogP contribution in [0.3, 0.4) is 0 Å². The normalized spacial score (nSPS) is 21.5. The minimum atomic E-state index is -0.294. The predicted molar refractivity (Wildman–Crippen MR) is 136 cm³/mol. The summed E-state index contributed by atoms with van der Waals surface area (Å²) < 4.78 is 22.3. The van der Waals surface area contributed by atoms with Crippen LogP contribution in [0.1, 0.15) is 57.1 Å². The summed E-state index contributed by atoms with van der Waals surface area (Å²) in [6, 6.07) is 5.66. The fraction of sp³-hybridized carbons (Fsp3) is 0.560. The Hall–Kier alpha value is -2.68. The Morgan fingerprint density at radius 3 is 2.65 bits per heavy atom. The molecule has 1 aliphatic heterocycles. The van der Waals surface area contributed by atoms with E-state index in [-0.39, 0.29) is 11.9 Å². The summed E-state index contributed by atoms with van der Waals surface area (Å²) in [7, 11) is 1.33. The standard InChI is InChI=1S/C25H34BFN6O/c1-3-26-17-7-9-18(10-8-17)29-24-28-15-21-23(32-24)33(19-11-13-34-14-12-19)25(30-21)31-22-16(2)5-4-6-20(22)27/h4-6,15,17-19,26H,3,7-14H2,1-2H3,(H,30,31)(H,28,29,32)/t17-,18-. The lowest BCUT2D eigenvalue weighted by Gasteiger charge is -2.28. The molecule has 0 radical (unpaired) electrons. The molecule has 1 saturated carbocycles. The van der Waals surface area contributed by atoms with Gasteiger partial charge in [0.15, 0.2) is 5.65 Å². The van der Waals surface area contributed by atoms with E-state index in [2.05, 4.69) is 27.1 Å². The highest BCUT2D eigenvalue weighted by atomic mass is 19.1. The average Bonchev–Trinajstić information content (AvgIpc) is 3.21. The van der Waals surface area contributed by atoms with Gasteiger partial charge in [-0.25, -0.2) is 14.4 Å². The second-order valence-corrected chi connectivity index (χ2v) is 9.76. The molecule has 180 valence electrons. The van der Waals surface area contributed by atoms with Crippen molar-refractivity contribution in [1.82, 2.24) is 19.5 Å². The van der Waals surface area contributed by atoms with Crippen molar-refractivity contribution in [2.75, 3.05) is 23.8 Å². The quantitative estimate of drug-likeness (QED) is 0.457. The minimum Gasteiger partial charge on any atom is -0.381 e. The van der Waals surface area contributed by atoms with E-state index in [0.29, 0.717) is 42.4 Å². The van der Waals surface area contributed by atoms with Crippen molar-refractivity contribution in [2.45, 2.75) is 76.6 Å². The molecule has 9 heteroatoms. The molecule has 2 aliphatic rings. The lowest BCUT2D eigenvalue weighted by atomic mass is 9.57. The number of para-hydroxylation sites is 1. The highest BCUT2D eigenvalue weighted by Crippen LogP contribution is 2.34. The van der Waals surface area contributed by atoms with Crippen molar-refractivity contribution in [3.05, 3.63) is 35.8 Å².